The van der Waals surface area contributed by atoms with E-state index >= 15 is 0 Å². The summed E-state index contributed by atoms with van der Waals surface area (Å²) in [5.41, 5.74) is 0.938. The smallest absolute Gasteiger partial charge is 0.231 e. The standard InChI is InChI=1S/C18H13ClFN3O2S/c19-11-5-6-13-15(8-11)26-18(21-13)22-17(25)10-7-16(24)23(9-10)14-4-2-1-3-12(14)20/h1-6,8,10H,7,9H2,(H,21,22,25). The lowest BCUT2D eigenvalue weighted by atomic mass is 10.1. The number of fused-ring (bicyclic) bond motifs is 1. The highest BCUT2D eigenvalue weighted by Crippen LogP contribution is 2.31. The molecular formula is C18H13ClFN3O2S. The van der Waals surface area contributed by atoms with E-state index in [9.17, 15) is 14.0 Å². The van der Waals surface area contributed by atoms with Gasteiger partial charge in [0.25, 0.3) is 0 Å². The summed E-state index contributed by atoms with van der Waals surface area (Å²) < 4.78 is 14.8. The summed E-state index contributed by atoms with van der Waals surface area (Å²) in [5, 5.41) is 3.80. The lowest BCUT2D eigenvalue weighted by molar-refractivity contribution is -0.122. The number of benzene rings is 2. The van der Waals surface area contributed by atoms with E-state index in [1.165, 1.54) is 28.4 Å². The molecule has 26 heavy (non-hydrogen) atoms. The molecule has 0 saturated carbocycles. The largest absolute Gasteiger partial charge is 0.309 e. The Labute approximate surface area is 157 Å². The maximum Gasteiger partial charge on any atom is 0.231 e. The number of nitrogens with zero attached hydrogens (tertiary/aromatic N) is 2. The van der Waals surface area contributed by atoms with Crippen LogP contribution in [0.15, 0.2) is 42.5 Å². The number of aromatic nitrogens is 1. The van der Waals surface area contributed by atoms with Crippen LogP contribution in [0.2, 0.25) is 5.02 Å². The molecule has 1 N–H and O–H groups in total. The van der Waals surface area contributed by atoms with Gasteiger partial charge < -0.3 is 10.2 Å². The highest BCUT2D eigenvalue weighted by Gasteiger charge is 2.36. The number of nitrogens with one attached hydrogen (secondary N) is 1. The average molecular weight is 390 g/mol. The predicted molar refractivity (Wildman–Crippen MR) is 100 cm³/mol. The number of amides is 2. The van der Waals surface area contributed by atoms with Crippen molar-refractivity contribution in [2.45, 2.75) is 6.42 Å². The first kappa shape index (κ1) is 16.9. The van der Waals surface area contributed by atoms with Crippen LogP contribution >= 0.6 is 22.9 Å². The second-order valence-electron chi connectivity index (χ2n) is 5.98. The Morgan fingerprint density at radius 1 is 1.31 bits per heavy atom. The van der Waals surface area contributed by atoms with Gasteiger partial charge in [0.2, 0.25) is 11.8 Å². The van der Waals surface area contributed by atoms with Gasteiger partial charge in [0.1, 0.15) is 5.82 Å². The number of hydrogen-bond acceptors (Lipinski definition) is 4. The Kier molecular flexibility index (Phi) is 4.34. The van der Waals surface area contributed by atoms with Crippen molar-refractivity contribution in [3.63, 3.8) is 0 Å². The monoisotopic (exact) mass is 389 g/mol. The number of halogens is 2. The van der Waals surface area contributed by atoms with Gasteiger partial charge in [-0.05, 0) is 30.3 Å². The molecule has 1 aliphatic rings. The van der Waals surface area contributed by atoms with Crippen LogP contribution in [-0.2, 0) is 9.59 Å². The minimum absolute atomic E-state index is 0.0386. The van der Waals surface area contributed by atoms with Crippen molar-refractivity contribution in [1.29, 1.82) is 0 Å². The second-order valence-corrected chi connectivity index (χ2v) is 7.44. The Bertz CT molecular complexity index is 1020. The van der Waals surface area contributed by atoms with E-state index in [1.807, 2.05) is 0 Å². The summed E-state index contributed by atoms with van der Waals surface area (Å²) in [5.74, 6) is -1.61. The lowest BCUT2D eigenvalue weighted by Gasteiger charge is -2.17. The average Bonchev–Trinajstić information content (AvgIpc) is 3.18. The maximum atomic E-state index is 13.9. The van der Waals surface area contributed by atoms with Gasteiger partial charge in [-0.3, -0.25) is 9.59 Å². The summed E-state index contributed by atoms with van der Waals surface area (Å²) in [7, 11) is 0. The zero-order valence-electron chi connectivity index (χ0n) is 13.4. The van der Waals surface area contributed by atoms with Gasteiger partial charge in [0.15, 0.2) is 5.13 Å². The highest BCUT2D eigenvalue weighted by atomic mass is 35.5. The van der Waals surface area contributed by atoms with Gasteiger partial charge >= 0.3 is 0 Å². The quantitative estimate of drug-likeness (QED) is 0.734. The third-order valence-electron chi connectivity index (χ3n) is 4.22. The van der Waals surface area contributed by atoms with Gasteiger partial charge in [-0.25, -0.2) is 9.37 Å². The minimum atomic E-state index is -0.558. The second kappa shape index (κ2) is 6.66. The highest BCUT2D eigenvalue weighted by molar-refractivity contribution is 7.22. The fraction of sp³-hybridized carbons (Fsp3) is 0.167. The summed E-state index contributed by atoms with van der Waals surface area (Å²) >= 11 is 7.27. The SMILES string of the molecule is O=C(Nc1nc2ccc(Cl)cc2s1)C1CC(=O)N(c2ccccc2F)C1. The third kappa shape index (κ3) is 3.15. The van der Waals surface area contributed by atoms with E-state index in [4.69, 9.17) is 11.6 Å². The van der Waals surface area contributed by atoms with Crippen LogP contribution in [0.25, 0.3) is 10.2 Å². The molecule has 1 unspecified atom stereocenters. The summed E-state index contributed by atoms with van der Waals surface area (Å²) in [6.07, 6.45) is 0.0386. The maximum absolute atomic E-state index is 13.9. The normalized spacial score (nSPS) is 17.1. The first-order valence-corrected chi connectivity index (χ1v) is 9.12. The van der Waals surface area contributed by atoms with Crippen LogP contribution in [-0.4, -0.2) is 23.3 Å². The van der Waals surface area contributed by atoms with Gasteiger partial charge in [-0.1, -0.05) is 35.1 Å². The topological polar surface area (TPSA) is 62.3 Å². The molecule has 1 fully saturated rings. The van der Waals surface area contributed by atoms with E-state index in [1.54, 1.807) is 30.3 Å². The van der Waals surface area contributed by atoms with E-state index in [0.29, 0.717) is 10.2 Å². The Morgan fingerprint density at radius 2 is 2.12 bits per heavy atom. The summed E-state index contributed by atoms with van der Waals surface area (Å²) in [6, 6.07) is 11.3. The van der Waals surface area contributed by atoms with Gasteiger partial charge in [0, 0.05) is 18.0 Å². The zero-order valence-corrected chi connectivity index (χ0v) is 15.0. The molecule has 0 spiro atoms. The fourth-order valence-corrected chi connectivity index (χ4v) is 4.09. The number of anilines is 2. The van der Waals surface area contributed by atoms with Gasteiger partial charge in [-0.2, -0.15) is 0 Å². The van der Waals surface area contributed by atoms with E-state index in [-0.39, 0.29) is 30.5 Å². The number of thiazole rings is 1. The van der Waals surface area contributed by atoms with Crippen LogP contribution in [0.3, 0.4) is 0 Å². The number of carbonyl (C=O) groups is 2. The van der Waals surface area contributed by atoms with Crippen LogP contribution < -0.4 is 10.2 Å². The van der Waals surface area contributed by atoms with E-state index in [0.717, 1.165) is 10.2 Å². The van der Waals surface area contributed by atoms with Crippen molar-refractivity contribution in [3.8, 4) is 0 Å². The molecule has 1 saturated heterocycles. The van der Waals surface area contributed by atoms with Crippen molar-refractivity contribution < 1.29 is 14.0 Å². The van der Waals surface area contributed by atoms with Crippen molar-refractivity contribution >= 4 is 55.8 Å². The minimum Gasteiger partial charge on any atom is -0.309 e. The van der Waals surface area contributed by atoms with E-state index in [2.05, 4.69) is 10.3 Å². The molecule has 8 heteroatoms. The van der Waals surface area contributed by atoms with Crippen molar-refractivity contribution in [2.75, 3.05) is 16.8 Å². The van der Waals surface area contributed by atoms with Crippen molar-refractivity contribution in [1.82, 2.24) is 4.98 Å². The van der Waals surface area contributed by atoms with Crippen LogP contribution in [0.5, 0.6) is 0 Å². The van der Waals surface area contributed by atoms with Gasteiger partial charge in [0.05, 0.1) is 21.8 Å². The van der Waals surface area contributed by atoms with Crippen molar-refractivity contribution in [3.05, 3.63) is 53.3 Å². The number of para-hydroxylation sites is 1. The van der Waals surface area contributed by atoms with E-state index < -0.39 is 11.7 Å². The first-order chi connectivity index (χ1) is 12.5. The molecule has 2 amide bonds. The molecule has 0 radical (unpaired) electrons. The predicted octanol–water partition coefficient (Wildman–Crippen LogP) is 4.08. The fourth-order valence-electron chi connectivity index (χ4n) is 2.95. The number of carbonyl (C=O) groups excluding carboxylic acids is 2. The molecule has 5 nitrogen and oxygen atoms in total. The van der Waals surface area contributed by atoms with Gasteiger partial charge in [-0.15, -0.1) is 0 Å². The molecule has 1 atom stereocenters. The first-order valence-electron chi connectivity index (χ1n) is 7.93. The molecule has 1 aliphatic heterocycles. The number of rotatable bonds is 3. The summed E-state index contributed by atoms with van der Waals surface area (Å²) in [4.78, 5) is 30.4. The molecule has 1 aromatic heterocycles. The summed E-state index contributed by atoms with van der Waals surface area (Å²) in [6.45, 7) is 0.141. The molecule has 2 heterocycles. The van der Waals surface area contributed by atoms with Crippen molar-refractivity contribution in [2.24, 2.45) is 5.92 Å². The van der Waals surface area contributed by atoms with Crippen LogP contribution in [0.1, 0.15) is 6.42 Å². The molecule has 0 aliphatic carbocycles. The molecule has 2 aromatic carbocycles. The Morgan fingerprint density at radius 3 is 2.92 bits per heavy atom. The molecular weight excluding hydrogens is 377 g/mol. The molecule has 0 bridgehead atoms. The third-order valence-corrected chi connectivity index (χ3v) is 5.39. The Balaban J connectivity index is 1.50. The molecule has 3 aromatic rings. The Hall–Kier alpha value is -2.51. The van der Waals surface area contributed by atoms with Crippen LogP contribution in [0, 0.1) is 11.7 Å². The molecule has 4 rings (SSSR count). The lowest BCUT2D eigenvalue weighted by Crippen LogP contribution is -2.28. The van der Waals surface area contributed by atoms with Crippen LogP contribution in [0.4, 0.5) is 15.2 Å². The zero-order chi connectivity index (χ0) is 18.3. The molecule has 132 valence electrons. The number of hydrogen-bond donors (Lipinski definition) is 1.